The molecule has 0 amide bonds. The van der Waals surface area contributed by atoms with Crippen molar-refractivity contribution in [2.24, 2.45) is 14.1 Å². The number of piperazine rings is 1. The van der Waals surface area contributed by atoms with E-state index in [-0.39, 0.29) is 11.2 Å². The molecule has 0 bridgehead atoms. The van der Waals surface area contributed by atoms with Crippen molar-refractivity contribution in [3.05, 3.63) is 61.9 Å². The first-order valence-electron chi connectivity index (χ1n) is 7.95. The minimum absolute atomic E-state index is 0.261. The van der Waals surface area contributed by atoms with E-state index < -0.39 is 0 Å². The standard InChI is InChI=1S/C17H21ClN4O2/c1-19-13(11-16(23)20(2)17(19)24)12-21-7-9-22(10-8-21)15-6-4-3-5-14(15)18/h3-6,11H,7-10,12H2,1-2H3. The fourth-order valence-corrected chi connectivity index (χ4v) is 3.27. The lowest BCUT2D eigenvalue weighted by Gasteiger charge is -2.36. The Kier molecular flexibility index (Phi) is 4.78. The minimum Gasteiger partial charge on any atom is -0.368 e. The van der Waals surface area contributed by atoms with E-state index in [2.05, 4.69) is 9.80 Å². The second-order valence-corrected chi connectivity index (χ2v) is 6.50. The van der Waals surface area contributed by atoms with Crippen LogP contribution < -0.4 is 16.1 Å². The van der Waals surface area contributed by atoms with E-state index in [9.17, 15) is 9.59 Å². The molecule has 0 aliphatic carbocycles. The summed E-state index contributed by atoms with van der Waals surface area (Å²) in [6.07, 6.45) is 0. The Balaban J connectivity index is 1.69. The molecule has 0 N–H and O–H groups in total. The van der Waals surface area contributed by atoms with E-state index in [0.717, 1.165) is 47.2 Å². The molecule has 0 spiro atoms. The fraction of sp³-hybridized carbons (Fsp3) is 0.412. The van der Waals surface area contributed by atoms with Crippen molar-refractivity contribution in [2.75, 3.05) is 31.1 Å². The third-order valence-electron chi connectivity index (χ3n) is 4.58. The van der Waals surface area contributed by atoms with Gasteiger partial charge in [0.05, 0.1) is 10.7 Å². The summed E-state index contributed by atoms with van der Waals surface area (Å²) in [5.74, 6) is 0. The van der Waals surface area contributed by atoms with Crippen molar-refractivity contribution < 1.29 is 0 Å². The number of benzene rings is 1. The Bertz CT molecular complexity index is 850. The highest BCUT2D eigenvalue weighted by Crippen LogP contribution is 2.26. The van der Waals surface area contributed by atoms with Crippen LogP contribution in [0.25, 0.3) is 0 Å². The highest BCUT2D eigenvalue weighted by atomic mass is 35.5. The van der Waals surface area contributed by atoms with Gasteiger partial charge in [-0.25, -0.2) is 4.79 Å². The maximum Gasteiger partial charge on any atom is 0.330 e. The molecular formula is C17H21ClN4O2. The molecule has 1 aromatic heterocycles. The van der Waals surface area contributed by atoms with Crippen LogP contribution in [0.5, 0.6) is 0 Å². The maximum absolute atomic E-state index is 12.0. The van der Waals surface area contributed by atoms with Gasteiger partial charge in [-0.05, 0) is 12.1 Å². The number of rotatable bonds is 3. The zero-order valence-corrected chi connectivity index (χ0v) is 14.7. The van der Waals surface area contributed by atoms with Crippen LogP contribution in [0.1, 0.15) is 5.69 Å². The van der Waals surface area contributed by atoms with Crippen molar-refractivity contribution in [2.45, 2.75) is 6.54 Å². The fourth-order valence-electron chi connectivity index (χ4n) is 3.01. The first-order chi connectivity index (χ1) is 11.5. The van der Waals surface area contributed by atoms with Gasteiger partial charge in [0.1, 0.15) is 0 Å². The zero-order valence-electron chi connectivity index (χ0n) is 13.9. The third-order valence-corrected chi connectivity index (χ3v) is 4.90. The SMILES string of the molecule is Cn1c(CN2CCN(c3ccccc3Cl)CC2)cc(=O)n(C)c1=O. The van der Waals surface area contributed by atoms with E-state index in [0.29, 0.717) is 6.54 Å². The van der Waals surface area contributed by atoms with Gasteiger partial charge in [0.25, 0.3) is 5.56 Å². The highest BCUT2D eigenvalue weighted by Gasteiger charge is 2.20. The minimum atomic E-state index is -0.285. The Labute approximate surface area is 145 Å². The average molecular weight is 349 g/mol. The van der Waals surface area contributed by atoms with Crippen molar-refractivity contribution >= 4 is 17.3 Å². The van der Waals surface area contributed by atoms with E-state index in [1.807, 2.05) is 24.3 Å². The molecule has 0 unspecified atom stereocenters. The van der Waals surface area contributed by atoms with Crippen LogP contribution in [0.15, 0.2) is 39.9 Å². The molecule has 1 aliphatic heterocycles. The van der Waals surface area contributed by atoms with Gasteiger partial charge in [-0.3, -0.25) is 18.8 Å². The number of aromatic nitrogens is 2. The molecule has 1 aromatic carbocycles. The van der Waals surface area contributed by atoms with Gasteiger partial charge in [0.2, 0.25) is 0 Å². The molecule has 24 heavy (non-hydrogen) atoms. The molecule has 0 atom stereocenters. The highest BCUT2D eigenvalue weighted by molar-refractivity contribution is 6.33. The second kappa shape index (κ2) is 6.83. The summed E-state index contributed by atoms with van der Waals surface area (Å²) < 4.78 is 2.67. The second-order valence-electron chi connectivity index (χ2n) is 6.09. The van der Waals surface area contributed by atoms with Crippen LogP contribution in [-0.4, -0.2) is 40.2 Å². The lowest BCUT2D eigenvalue weighted by atomic mass is 10.2. The Morgan fingerprint density at radius 3 is 2.33 bits per heavy atom. The van der Waals surface area contributed by atoms with Crippen molar-refractivity contribution in [3.8, 4) is 0 Å². The maximum atomic E-state index is 12.0. The summed E-state index contributed by atoms with van der Waals surface area (Å²) in [5.41, 5.74) is 1.25. The zero-order chi connectivity index (χ0) is 17.3. The Morgan fingerprint density at radius 2 is 1.67 bits per heavy atom. The summed E-state index contributed by atoms with van der Waals surface area (Å²) in [4.78, 5) is 28.4. The van der Waals surface area contributed by atoms with Crippen molar-refractivity contribution in [1.82, 2.24) is 14.0 Å². The molecular weight excluding hydrogens is 328 g/mol. The van der Waals surface area contributed by atoms with Crippen LogP contribution >= 0.6 is 11.6 Å². The predicted molar refractivity (Wildman–Crippen MR) is 95.9 cm³/mol. The van der Waals surface area contributed by atoms with Crippen molar-refractivity contribution in [1.29, 1.82) is 0 Å². The largest absolute Gasteiger partial charge is 0.368 e. The van der Waals surface area contributed by atoms with Crippen LogP contribution in [-0.2, 0) is 20.6 Å². The van der Waals surface area contributed by atoms with Crippen LogP contribution in [0.3, 0.4) is 0 Å². The van der Waals surface area contributed by atoms with E-state index in [1.165, 1.54) is 7.05 Å². The first-order valence-corrected chi connectivity index (χ1v) is 8.33. The van der Waals surface area contributed by atoms with Gasteiger partial charge >= 0.3 is 5.69 Å². The summed E-state index contributed by atoms with van der Waals surface area (Å²) in [5, 5.41) is 0.764. The molecule has 2 heterocycles. The molecule has 0 radical (unpaired) electrons. The van der Waals surface area contributed by atoms with Gasteiger partial charge in [-0.2, -0.15) is 0 Å². The third kappa shape index (κ3) is 3.25. The van der Waals surface area contributed by atoms with Gasteiger partial charge < -0.3 is 4.90 Å². The van der Waals surface area contributed by atoms with E-state index in [4.69, 9.17) is 11.6 Å². The molecule has 0 saturated carbocycles. The molecule has 3 rings (SSSR count). The topological polar surface area (TPSA) is 50.5 Å². The number of para-hydroxylation sites is 1. The predicted octanol–water partition coefficient (Wildman–Crippen LogP) is 1.06. The normalized spacial score (nSPS) is 15.7. The van der Waals surface area contributed by atoms with Crippen LogP contribution in [0.2, 0.25) is 5.02 Å². The Hall–Kier alpha value is -2.05. The Morgan fingerprint density at radius 1 is 1.00 bits per heavy atom. The summed E-state index contributed by atoms with van der Waals surface area (Å²) in [6, 6.07) is 9.39. The molecule has 7 heteroatoms. The summed E-state index contributed by atoms with van der Waals surface area (Å²) in [7, 11) is 3.20. The summed E-state index contributed by atoms with van der Waals surface area (Å²) >= 11 is 6.26. The van der Waals surface area contributed by atoms with Gasteiger partial charge in [0.15, 0.2) is 0 Å². The molecule has 1 aliphatic rings. The van der Waals surface area contributed by atoms with Gasteiger partial charge in [-0.1, -0.05) is 23.7 Å². The average Bonchev–Trinajstić information content (AvgIpc) is 2.59. The molecule has 6 nitrogen and oxygen atoms in total. The number of anilines is 1. The molecule has 128 valence electrons. The quantitative estimate of drug-likeness (QED) is 0.832. The first kappa shape index (κ1) is 16.8. The lowest BCUT2D eigenvalue weighted by molar-refractivity contribution is 0.243. The number of hydrogen-bond donors (Lipinski definition) is 0. The number of nitrogens with zero attached hydrogens (tertiary/aromatic N) is 4. The monoisotopic (exact) mass is 348 g/mol. The van der Waals surface area contributed by atoms with E-state index in [1.54, 1.807) is 17.7 Å². The van der Waals surface area contributed by atoms with Crippen LogP contribution in [0.4, 0.5) is 5.69 Å². The summed E-state index contributed by atoms with van der Waals surface area (Å²) in [6.45, 7) is 4.03. The number of halogens is 1. The lowest BCUT2D eigenvalue weighted by Crippen LogP contribution is -2.47. The molecule has 1 fully saturated rings. The molecule has 2 aromatic rings. The molecule has 1 saturated heterocycles. The van der Waals surface area contributed by atoms with Gasteiger partial charge in [0, 0.05) is 58.6 Å². The van der Waals surface area contributed by atoms with Gasteiger partial charge in [-0.15, -0.1) is 0 Å². The smallest absolute Gasteiger partial charge is 0.330 e. The van der Waals surface area contributed by atoms with E-state index >= 15 is 0 Å². The van der Waals surface area contributed by atoms with Crippen LogP contribution in [0, 0.1) is 0 Å². The number of hydrogen-bond acceptors (Lipinski definition) is 4. The van der Waals surface area contributed by atoms with Crippen molar-refractivity contribution in [3.63, 3.8) is 0 Å².